The van der Waals surface area contributed by atoms with Gasteiger partial charge >= 0.3 is 0 Å². The predicted octanol–water partition coefficient (Wildman–Crippen LogP) is -2.58. The molecule has 67 valence electrons. The minimum atomic E-state index is -5.17. The molecule has 8 heteroatoms. The van der Waals surface area contributed by atoms with E-state index in [0.717, 1.165) is 6.92 Å². The molecule has 0 N–H and O–H groups in total. The minimum absolute atomic E-state index is 0. The Morgan fingerprint density at radius 3 is 1.30 bits per heavy atom. The first-order valence-electron chi connectivity index (χ1n) is 1.57. The Morgan fingerprint density at radius 1 is 1.30 bits per heavy atom. The van der Waals surface area contributed by atoms with Crippen molar-refractivity contribution in [3.63, 3.8) is 0 Å². The molecule has 0 amide bonds. The van der Waals surface area contributed by atoms with E-state index < -0.39 is 16.4 Å². The summed E-state index contributed by atoms with van der Waals surface area (Å²) in [5, 5.41) is 8.89. The van der Waals surface area contributed by atoms with E-state index >= 15 is 0 Å². The summed E-state index contributed by atoms with van der Waals surface area (Å²) in [6.07, 6.45) is 0. The molecule has 0 aromatic rings. The fourth-order valence-corrected chi connectivity index (χ4v) is 0. The van der Waals surface area contributed by atoms with Crippen LogP contribution in [0.3, 0.4) is 0 Å². The topological polar surface area (TPSA) is 120 Å². The Labute approximate surface area is 68.3 Å². The van der Waals surface area contributed by atoms with Crippen molar-refractivity contribution >= 4 is 16.4 Å². The number of carbonyl (C=O) groups is 1. The Morgan fingerprint density at radius 2 is 1.30 bits per heavy atom. The van der Waals surface area contributed by atoms with Gasteiger partial charge in [-0.1, -0.05) is 0 Å². The second-order valence-electron chi connectivity index (χ2n) is 0.900. The zero-order chi connectivity index (χ0) is 8.08. The fraction of sp³-hybridized carbons (Fsp3) is 0.500. The summed E-state index contributed by atoms with van der Waals surface area (Å²) in [5.41, 5.74) is 0. The third-order valence-electron chi connectivity index (χ3n) is 0. The van der Waals surface area contributed by atoms with E-state index in [1.165, 1.54) is 0 Å². The van der Waals surface area contributed by atoms with E-state index in [9.17, 15) is 0 Å². The van der Waals surface area contributed by atoms with Gasteiger partial charge in [-0.15, -0.1) is 0 Å². The first kappa shape index (κ1) is 16.4. The largest absolute Gasteiger partial charge is 0.759 e. The van der Waals surface area contributed by atoms with Crippen molar-refractivity contribution in [2.45, 2.75) is 6.92 Å². The summed E-state index contributed by atoms with van der Waals surface area (Å²) in [6.45, 7) is 0.972. The summed E-state index contributed by atoms with van der Waals surface area (Å²) >= 11 is 0. The van der Waals surface area contributed by atoms with Crippen molar-refractivity contribution in [1.82, 2.24) is 0 Å². The van der Waals surface area contributed by atoms with Crippen molar-refractivity contribution < 1.29 is 44.5 Å². The van der Waals surface area contributed by atoms with Crippen LogP contribution in [0.1, 0.15) is 6.92 Å². The number of aliphatic carboxylic acids is 1. The number of hydrogen-bond donors (Lipinski definition) is 0. The average Bonchev–Trinajstić information content (AvgIpc) is 1.19. The molecule has 0 atom stereocenters. The molecular formula is C2H3CuO6S-3. The van der Waals surface area contributed by atoms with Gasteiger partial charge < -0.3 is 19.0 Å². The van der Waals surface area contributed by atoms with E-state index in [-0.39, 0.29) is 17.1 Å². The molecule has 6 nitrogen and oxygen atoms in total. The number of carbonyl (C=O) groups excluding carboxylic acids is 1. The summed E-state index contributed by atoms with van der Waals surface area (Å²) < 4.78 is 34.1. The average molecular weight is 219 g/mol. The molecule has 0 aromatic carbocycles. The van der Waals surface area contributed by atoms with Gasteiger partial charge in [-0.05, 0) is 6.92 Å². The molecule has 0 fully saturated rings. The van der Waals surface area contributed by atoms with Crippen molar-refractivity contribution in [2.24, 2.45) is 0 Å². The summed E-state index contributed by atoms with van der Waals surface area (Å²) in [4.78, 5) is 8.89. The molecule has 0 saturated heterocycles. The quantitative estimate of drug-likeness (QED) is 0.250. The van der Waals surface area contributed by atoms with Gasteiger partial charge in [-0.2, -0.15) is 0 Å². The smallest absolute Gasteiger partial charge is 0.0383 e. The maximum Gasteiger partial charge on any atom is 0.0383 e. The van der Waals surface area contributed by atoms with Gasteiger partial charge in [-0.25, -0.2) is 0 Å². The van der Waals surface area contributed by atoms with Crippen LogP contribution in [-0.2, 0) is 32.3 Å². The predicted molar refractivity (Wildman–Crippen MR) is 21.2 cm³/mol. The third kappa shape index (κ3) is 18700. The first-order valence-corrected chi connectivity index (χ1v) is 2.91. The van der Waals surface area contributed by atoms with E-state index in [1.807, 2.05) is 0 Å². The zero-order valence-corrected chi connectivity index (χ0v) is 6.42. The first-order chi connectivity index (χ1) is 3.73. The summed E-state index contributed by atoms with van der Waals surface area (Å²) in [7, 11) is -5.17. The van der Waals surface area contributed by atoms with Crippen LogP contribution >= 0.6 is 0 Å². The van der Waals surface area contributed by atoms with Crippen molar-refractivity contribution in [3.05, 3.63) is 0 Å². The SMILES string of the molecule is CC(=O)[O-].O=S(=O)([O-])[O-].[Cu]. The zero-order valence-electron chi connectivity index (χ0n) is 4.66. The summed E-state index contributed by atoms with van der Waals surface area (Å²) in [5.74, 6) is -1.08. The molecule has 0 saturated carbocycles. The molecule has 0 heterocycles. The van der Waals surface area contributed by atoms with Crippen LogP contribution in [0.25, 0.3) is 0 Å². The van der Waals surface area contributed by atoms with E-state index in [0.29, 0.717) is 0 Å². The molecule has 0 bridgehead atoms. The van der Waals surface area contributed by atoms with Gasteiger partial charge in [0.1, 0.15) is 0 Å². The van der Waals surface area contributed by atoms with Gasteiger partial charge in [-0.3, -0.25) is 8.42 Å². The van der Waals surface area contributed by atoms with Gasteiger partial charge in [0.15, 0.2) is 0 Å². The second-order valence-corrected chi connectivity index (χ2v) is 1.72. The van der Waals surface area contributed by atoms with E-state index in [1.54, 1.807) is 0 Å². The maximum absolute atomic E-state index is 8.89. The molecule has 0 aliphatic carbocycles. The molecule has 0 unspecified atom stereocenters. The standard InChI is InChI=1S/C2H4O2.Cu.H2O4S/c1-2(3)4;;1-5(2,3)4/h1H3,(H,3,4);;(H2,1,2,3,4)/p-3. The van der Waals surface area contributed by atoms with Crippen LogP contribution in [0.5, 0.6) is 0 Å². The van der Waals surface area contributed by atoms with E-state index in [4.69, 9.17) is 27.4 Å². The number of carboxylic acids is 1. The van der Waals surface area contributed by atoms with Crippen molar-refractivity contribution in [2.75, 3.05) is 0 Å². The molecule has 0 aliphatic rings. The van der Waals surface area contributed by atoms with Crippen LogP contribution in [-0.4, -0.2) is 23.5 Å². The van der Waals surface area contributed by atoms with Crippen molar-refractivity contribution in [1.29, 1.82) is 0 Å². The van der Waals surface area contributed by atoms with Crippen LogP contribution < -0.4 is 5.11 Å². The normalized spacial score (nSPS) is 8.30. The van der Waals surface area contributed by atoms with Gasteiger partial charge in [0, 0.05) is 33.4 Å². The Bertz CT molecular complexity index is 158. The van der Waals surface area contributed by atoms with Crippen LogP contribution in [0.15, 0.2) is 0 Å². The van der Waals surface area contributed by atoms with E-state index in [2.05, 4.69) is 0 Å². The van der Waals surface area contributed by atoms with Gasteiger partial charge in [0.2, 0.25) is 0 Å². The molecule has 10 heavy (non-hydrogen) atoms. The van der Waals surface area contributed by atoms with Gasteiger partial charge in [0.25, 0.3) is 0 Å². The molecule has 0 aliphatic heterocycles. The van der Waals surface area contributed by atoms with Crippen LogP contribution in [0.4, 0.5) is 0 Å². The molecular weight excluding hydrogens is 216 g/mol. The van der Waals surface area contributed by atoms with Crippen LogP contribution in [0, 0.1) is 0 Å². The Balaban J connectivity index is -0.0000000910. The third-order valence-corrected chi connectivity index (χ3v) is 0. The number of rotatable bonds is 0. The molecule has 0 spiro atoms. The maximum atomic E-state index is 8.89. The van der Waals surface area contributed by atoms with Crippen LogP contribution in [0.2, 0.25) is 0 Å². The summed E-state index contributed by atoms with van der Waals surface area (Å²) in [6, 6.07) is 0. The van der Waals surface area contributed by atoms with Gasteiger partial charge in [0.05, 0.1) is 0 Å². The second kappa shape index (κ2) is 6.97. The molecule has 1 radical (unpaired) electrons. The number of carboxylic acid groups (broad SMARTS) is 1. The monoisotopic (exact) mass is 218 g/mol. The Hall–Kier alpha value is -0.141. The fourth-order valence-electron chi connectivity index (χ4n) is 0. The number of hydrogen-bond acceptors (Lipinski definition) is 6. The van der Waals surface area contributed by atoms with Crippen molar-refractivity contribution in [3.8, 4) is 0 Å². The molecule has 0 rings (SSSR count). The molecule has 0 aromatic heterocycles. The Kier molecular flexibility index (Phi) is 11.5. The minimum Gasteiger partial charge on any atom is -0.759 e.